The highest BCUT2D eigenvalue weighted by molar-refractivity contribution is 14.1. The first kappa shape index (κ1) is 29.8. The first-order valence-corrected chi connectivity index (χ1v) is 16.1. The largest absolute Gasteiger partial charge is 0.465 e. The zero-order valence-electron chi connectivity index (χ0n) is 18.7. The Morgan fingerprint density at radius 2 is 1.31 bits per heavy atom. The van der Waals surface area contributed by atoms with Crippen molar-refractivity contribution in [3.63, 3.8) is 0 Å². The monoisotopic (exact) mass is 676 g/mol. The Morgan fingerprint density at radius 1 is 0.829 bits per heavy atom. The van der Waals surface area contributed by atoms with Crippen molar-refractivity contribution in [3.05, 3.63) is 58.6 Å². The molecule has 0 spiro atoms. The summed E-state index contributed by atoms with van der Waals surface area (Å²) in [4.78, 5) is 24.9. The van der Waals surface area contributed by atoms with Crippen LogP contribution in [0.1, 0.15) is 19.8 Å². The standard InChI is InChI=1S/C11H11ClO4S.C10H9ClO4S.CH3I/c1-11(6-7-16-10(11)13)17(14,15)9-4-2-8(12)3-5-9;11-7-1-3-8(4-2-7)16(13,14)9-5-6-15-10(9)12;1-2/h2-5H,6-7H2,1H3;1-4,9H,5-6H2;1H3. The molecule has 0 saturated carbocycles. The third-order valence-electron chi connectivity index (χ3n) is 5.37. The smallest absolute Gasteiger partial charge is 0.327 e. The number of halogens is 3. The average Bonchev–Trinajstić information content (AvgIpc) is 3.42. The van der Waals surface area contributed by atoms with Crippen molar-refractivity contribution in [3.8, 4) is 0 Å². The molecule has 0 amide bonds. The van der Waals surface area contributed by atoms with Crippen LogP contribution in [0.2, 0.25) is 10.0 Å². The maximum absolute atomic E-state index is 12.3. The van der Waals surface area contributed by atoms with Crippen molar-refractivity contribution < 1.29 is 35.9 Å². The molecule has 2 atom stereocenters. The molecular weight excluding hydrogens is 654 g/mol. The van der Waals surface area contributed by atoms with Gasteiger partial charge in [-0.05, 0) is 60.4 Å². The third kappa shape index (κ3) is 6.48. The summed E-state index contributed by atoms with van der Waals surface area (Å²) in [7, 11) is -7.38. The molecule has 0 bridgehead atoms. The van der Waals surface area contributed by atoms with E-state index in [2.05, 4.69) is 27.3 Å². The number of carbonyl (C=O) groups excluding carboxylic acids is 2. The summed E-state index contributed by atoms with van der Waals surface area (Å²) >= 11 is 13.5. The van der Waals surface area contributed by atoms with Crippen LogP contribution < -0.4 is 0 Å². The van der Waals surface area contributed by atoms with E-state index in [1.807, 2.05) is 4.93 Å². The zero-order valence-corrected chi connectivity index (χ0v) is 24.0. The van der Waals surface area contributed by atoms with Crippen LogP contribution in [-0.4, -0.2) is 56.9 Å². The zero-order chi connectivity index (χ0) is 26.4. The van der Waals surface area contributed by atoms with Gasteiger partial charge in [-0.15, -0.1) is 0 Å². The Hall–Kier alpha value is -1.41. The van der Waals surface area contributed by atoms with Gasteiger partial charge in [0.15, 0.2) is 29.7 Å². The molecule has 0 N–H and O–H groups in total. The lowest BCUT2D eigenvalue weighted by atomic mass is 10.1. The number of sulfone groups is 2. The molecule has 8 nitrogen and oxygen atoms in total. The van der Waals surface area contributed by atoms with Gasteiger partial charge in [0.25, 0.3) is 0 Å². The molecule has 2 aliphatic heterocycles. The number of rotatable bonds is 4. The number of hydrogen-bond donors (Lipinski definition) is 0. The molecule has 4 rings (SSSR count). The average molecular weight is 677 g/mol. The highest BCUT2D eigenvalue weighted by Gasteiger charge is 2.52. The Balaban J connectivity index is 0.000000231. The summed E-state index contributed by atoms with van der Waals surface area (Å²) in [5.41, 5.74) is 0. The van der Waals surface area contributed by atoms with Crippen LogP contribution in [-0.2, 0) is 38.7 Å². The molecule has 2 heterocycles. The van der Waals surface area contributed by atoms with Gasteiger partial charge in [-0.3, -0.25) is 9.59 Å². The molecule has 0 radical (unpaired) electrons. The summed E-state index contributed by atoms with van der Waals surface area (Å²) in [6.07, 6.45) is 0.389. The topological polar surface area (TPSA) is 121 Å². The first-order valence-electron chi connectivity index (χ1n) is 10.1. The molecule has 2 aliphatic rings. The maximum Gasteiger partial charge on any atom is 0.327 e. The summed E-state index contributed by atoms with van der Waals surface area (Å²) in [6, 6.07) is 11.5. The second-order valence-electron chi connectivity index (χ2n) is 7.52. The van der Waals surface area contributed by atoms with Crippen LogP contribution in [0.5, 0.6) is 0 Å². The molecule has 13 heteroatoms. The minimum Gasteiger partial charge on any atom is -0.465 e. The Kier molecular flexibility index (Phi) is 10.4. The van der Waals surface area contributed by atoms with Gasteiger partial charge in [0, 0.05) is 22.9 Å². The van der Waals surface area contributed by atoms with Gasteiger partial charge in [0.2, 0.25) is 0 Å². The van der Waals surface area contributed by atoms with E-state index in [0.717, 1.165) is 0 Å². The first-order chi connectivity index (χ1) is 16.4. The van der Waals surface area contributed by atoms with Gasteiger partial charge < -0.3 is 9.47 Å². The van der Waals surface area contributed by atoms with Gasteiger partial charge in [-0.25, -0.2) is 16.8 Å². The second kappa shape index (κ2) is 12.2. The number of cyclic esters (lactones) is 2. The van der Waals surface area contributed by atoms with Crippen molar-refractivity contribution in [1.29, 1.82) is 0 Å². The molecule has 0 aromatic heterocycles. The minimum absolute atomic E-state index is 0.0863. The van der Waals surface area contributed by atoms with Gasteiger partial charge in [-0.1, -0.05) is 45.8 Å². The minimum atomic E-state index is -3.74. The van der Waals surface area contributed by atoms with Crippen molar-refractivity contribution >= 4 is 77.4 Å². The lowest BCUT2D eigenvalue weighted by Crippen LogP contribution is -2.39. The van der Waals surface area contributed by atoms with E-state index in [1.54, 1.807) is 0 Å². The molecule has 192 valence electrons. The van der Waals surface area contributed by atoms with Crippen LogP contribution in [0, 0.1) is 0 Å². The van der Waals surface area contributed by atoms with Crippen LogP contribution in [0.4, 0.5) is 0 Å². The number of esters is 2. The molecule has 2 aromatic rings. The number of carbonyl (C=O) groups is 2. The van der Waals surface area contributed by atoms with E-state index in [4.69, 9.17) is 27.9 Å². The summed E-state index contributed by atoms with van der Waals surface area (Å²) in [5, 5.41) is -0.176. The Morgan fingerprint density at radius 3 is 1.71 bits per heavy atom. The number of benzene rings is 2. The van der Waals surface area contributed by atoms with E-state index in [1.165, 1.54) is 55.5 Å². The quantitative estimate of drug-likeness (QED) is 0.267. The van der Waals surface area contributed by atoms with E-state index in [-0.39, 0.29) is 35.8 Å². The Labute approximate surface area is 228 Å². The van der Waals surface area contributed by atoms with Crippen molar-refractivity contribution in [2.75, 3.05) is 18.1 Å². The van der Waals surface area contributed by atoms with Crippen LogP contribution in [0.25, 0.3) is 0 Å². The fourth-order valence-corrected chi connectivity index (χ4v) is 6.73. The number of alkyl halides is 1. The van der Waals surface area contributed by atoms with Crippen molar-refractivity contribution in [2.45, 2.75) is 39.6 Å². The SMILES string of the molecule is CC1(S(=O)(=O)c2ccc(Cl)cc2)CCOC1=O.CI.O=C1OCCC1S(=O)(=O)c1ccc(Cl)cc1. The predicted octanol–water partition coefficient (Wildman–Crippen LogP) is 4.30. The molecule has 2 aromatic carbocycles. The van der Waals surface area contributed by atoms with Crippen LogP contribution in [0.15, 0.2) is 58.3 Å². The second-order valence-corrected chi connectivity index (χ2v) is 12.9. The van der Waals surface area contributed by atoms with Crippen LogP contribution in [0.3, 0.4) is 0 Å². The molecule has 2 saturated heterocycles. The predicted molar refractivity (Wildman–Crippen MR) is 141 cm³/mol. The van der Waals surface area contributed by atoms with Crippen molar-refractivity contribution in [2.24, 2.45) is 0 Å². The lowest BCUT2D eigenvalue weighted by molar-refractivity contribution is -0.140. The van der Waals surface area contributed by atoms with E-state index in [0.29, 0.717) is 10.0 Å². The molecule has 2 fully saturated rings. The summed E-state index contributed by atoms with van der Waals surface area (Å²) in [6.45, 7) is 1.70. The number of hydrogen-bond acceptors (Lipinski definition) is 8. The van der Waals surface area contributed by atoms with E-state index >= 15 is 0 Å². The third-order valence-corrected chi connectivity index (χ3v) is 10.4. The highest BCUT2D eigenvalue weighted by atomic mass is 127. The van der Waals surface area contributed by atoms with E-state index < -0.39 is 41.6 Å². The fraction of sp³-hybridized carbons (Fsp3) is 0.364. The molecule has 2 unspecified atom stereocenters. The van der Waals surface area contributed by atoms with Gasteiger partial charge >= 0.3 is 11.9 Å². The molecular formula is C22H23Cl2IO8S2. The highest BCUT2D eigenvalue weighted by Crippen LogP contribution is 2.34. The van der Waals surface area contributed by atoms with Gasteiger partial charge in [0.05, 0.1) is 23.0 Å². The maximum atomic E-state index is 12.3. The van der Waals surface area contributed by atoms with Crippen molar-refractivity contribution in [1.82, 2.24) is 0 Å². The normalized spacial score (nSPS) is 21.7. The lowest BCUT2D eigenvalue weighted by Gasteiger charge is -2.19. The van der Waals surface area contributed by atoms with E-state index in [9.17, 15) is 26.4 Å². The summed E-state index contributed by atoms with van der Waals surface area (Å²) in [5.74, 6) is -1.36. The Bertz CT molecular complexity index is 1260. The molecule has 0 aliphatic carbocycles. The fourth-order valence-electron chi connectivity index (χ4n) is 3.26. The molecule has 35 heavy (non-hydrogen) atoms. The summed E-state index contributed by atoms with van der Waals surface area (Å²) < 4.78 is 56.6. The van der Waals surface area contributed by atoms with Gasteiger partial charge in [0.1, 0.15) is 0 Å². The van der Waals surface area contributed by atoms with Crippen LogP contribution >= 0.6 is 45.8 Å². The van der Waals surface area contributed by atoms with Gasteiger partial charge in [-0.2, -0.15) is 0 Å². The number of ether oxygens (including phenoxy) is 2.